The van der Waals surface area contributed by atoms with Crippen molar-refractivity contribution in [2.45, 2.75) is 39.7 Å². The van der Waals surface area contributed by atoms with Crippen LogP contribution in [0.2, 0.25) is 0 Å². The van der Waals surface area contributed by atoms with Crippen LogP contribution in [0.4, 0.5) is 0 Å². The van der Waals surface area contributed by atoms with Crippen LogP contribution in [0.3, 0.4) is 0 Å². The lowest BCUT2D eigenvalue weighted by molar-refractivity contribution is 0.584. The van der Waals surface area contributed by atoms with Gasteiger partial charge < -0.3 is 10.6 Å². The quantitative estimate of drug-likeness (QED) is 0.655. The van der Waals surface area contributed by atoms with Gasteiger partial charge in [-0.25, -0.2) is 9.98 Å². The standard InChI is InChI=1S/C18H24N4S/c1-4-19-18(21-11-17-22-12(2)13(3)23-17)20-10-15-9-14-7-5-6-8-16(14)15/h5-8,15H,4,9-11H2,1-3H3,(H2,19,20,21). The molecular weight excluding hydrogens is 304 g/mol. The number of hydrogen-bond acceptors (Lipinski definition) is 3. The second kappa shape index (κ2) is 7.13. The van der Waals surface area contributed by atoms with E-state index < -0.39 is 0 Å². The zero-order valence-electron chi connectivity index (χ0n) is 14.0. The van der Waals surface area contributed by atoms with Gasteiger partial charge in [-0.05, 0) is 38.3 Å². The SMILES string of the molecule is CCNC(=NCc1nc(C)c(C)s1)NCC1Cc2ccccc21. The van der Waals surface area contributed by atoms with Crippen LogP contribution in [0.1, 0.15) is 39.5 Å². The highest BCUT2D eigenvalue weighted by Crippen LogP contribution is 2.33. The van der Waals surface area contributed by atoms with Crippen LogP contribution in [0, 0.1) is 13.8 Å². The summed E-state index contributed by atoms with van der Waals surface area (Å²) in [6, 6.07) is 8.69. The molecule has 4 nitrogen and oxygen atoms in total. The number of nitrogens with zero attached hydrogens (tertiary/aromatic N) is 2. The molecule has 0 bridgehead atoms. The Labute approximate surface area is 142 Å². The fraction of sp³-hybridized carbons (Fsp3) is 0.444. The zero-order valence-corrected chi connectivity index (χ0v) is 14.8. The highest BCUT2D eigenvalue weighted by molar-refractivity contribution is 7.11. The summed E-state index contributed by atoms with van der Waals surface area (Å²) in [5, 5.41) is 7.86. The van der Waals surface area contributed by atoms with Crippen molar-refractivity contribution >= 4 is 17.3 Å². The largest absolute Gasteiger partial charge is 0.357 e. The second-order valence-corrected chi connectivity index (χ2v) is 7.21. The third kappa shape index (κ3) is 3.72. The highest BCUT2D eigenvalue weighted by atomic mass is 32.1. The fourth-order valence-corrected chi connectivity index (χ4v) is 3.72. The summed E-state index contributed by atoms with van der Waals surface area (Å²) >= 11 is 1.73. The maximum atomic E-state index is 4.67. The van der Waals surface area contributed by atoms with Gasteiger partial charge in [-0.15, -0.1) is 11.3 Å². The molecule has 0 saturated carbocycles. The van der Waals surface area contributed by atoms with Crippen LogP contribution in [0.15, 0.2) is 29.3 Å². The number of fused-ring (bicyclic) bond motifs is 1. The van der Waals surface area contributed by atoms with Gasteiger partial charge in [0.2, 0.25) is 0 Å². The predicted molar refractivity (Wildman–Crippen MR) is 97.3 cm³/mol. The average Bonchev–Trinajstić information content (AvgIpc) is 2.84. The molecule has 0 radical (unpaired) electrons. The maximum absolute atomic E-state index is 4.67. The Hall–Kier alpha value is -1.88. The Bertz CT molecular complexity index is 685. The second-order valence-electron chi connectivity index (χ2n) is 5.93. The third-order valence-electron chi connectivity index (χ3n) is 4.27. The first-order valence-corrected chi connectivity index (χ1v) is 9.02. The first-order valence-electron chi connectivity index (χ1n) is 8.20. The predicted octanol–water partition coefficient (Wildman–Crippen LogP) is 3.15. The molecule has 1 aromatic carbocycles. The zero-order chi connectivity index (χ0) is 16.2. The van der Waals surface area contributed by atoms with E-state index in [9.17, 15) is 0 Å². The van der Waals surface area contributed by atoms with E-state index in [1.807, 2.05) is 0 Å². The molecule has 5 heteroatoms. The lowest BCUT2D eigenvalue weighted by Crippen LogP contribution is -2.41. The van der Waals surface area contributed by atoms with Crippen molar-refractivity contribution in [3.05, 3.63) is 51.0 Å². The first kappa shape index (κ1) is 16.0. The van der Waals surface area contributed by atoms with E-state index in [1.54, 1.807) is 11.3 Å². The summed E-state index contributed by atoms with van der Waals surface area (Å²) in [6.07, 6.45) is 1.16. The van der Waals surface area contributed by atoms with E-state index in [1.165, 1.54) is 16.0 Å². The van der Waals surface area contributed by atoms with Crippen molar-refractivity contribution in [3.63, 3.8) is 0 Å². The monoisotopic (exact) mass is 328 g/mol. The Kier molecular flexibility index (Phi) is 4.96. The molecule has 1 aliphatic carbocycles. The highest BCUT2D eigenvalue weighted by Gasteiger charge is 2.25. The molecule has 0 saturated heterocycles. The lowest BCUT2D eigenvalue weighted by atomic mass is 9.78. The summed E-state index contributed by atoms with van der Waals surface area (Å²) in [7, 11) is 0. The maximum Gasteiger partial charge on any atom is 0.191 e. The molecule has 2 N–H and O–H groups in total. The van der Waals surface area contributed by atoms with Crippen LogP contribution in [0.5, 0.6) is 0 Å². The number of guanidine groups is 1. The van der Waals surface area contributed by atoms with Crippen LogP contribution >= 0.6 is 11.3 Å². The van der Waals surface area contributed by atoms with Gasteiger partial charge in [0.1, 0.15) is 5.01 Å². The molecule has 23 heavy (non-hydrogen) atoms. The van der Waals surface area contributed by atoms with Crippen LogP contribution < -0.4 is 10.6 Å². The van der Waals surface area contributed by atoms with Crippen molar-refractivity contribution < 1.29 is 0 Å². The molecule has 1 aliphatic rings. The molecule has 0 fully saturated rings. The minimum absolute atomic E-state index is 0.597. The fourth-order valence-electron chi connectivity index (χ4n) is 2.86. The van der Waals surface area contributed by atoms with Gasteiger partial charge in [0.15, 0.2) is 5.96 Å². The van der Waals surface area contributed by atoms with Gasteiger partial charge in [0.25, 0.3) is 0 Å². The summed E-state index contributed by atoms with van der Waals surface area (Å²) in [4.78, 5) is 10.5. The average molecular weight is 328 g/mol. The third-order valence-corrected chi connectivity index (χ3v) is 5.32. The number of aryl methyl sites for hydroxylation is 2. The molecule has 0 aliphatic heterocycles. The molecule has 1 heterocycles. The summed E-state index contributed by atoms with van der Waals surface area (Å²) in [5.41, 5.74) is 4.07. The summed E-state index contributed by atoms with van der Waals surface area (Å²) in [6.45, 7) is 8.68. The lowest BCUT2D eigenvalue weighted by Gasteiger charge is -2.30. The van der Waals surface area contributed by atoms with Gasteiger partial charge in [0, 0.05) is 23.9 Å². The Morgan fingerprint density at radius 1 is 1.30 bits per heavy atom. The van der Waals surface area contributed by atoms with Gasteiger partial charge in [-0.1, -0.05) is 24.3 Å². The van der Waals surface area contributed by atoms with Crippen LogP contribution in [-0.4, -0.2) is 24.0 Å². The minimum Gasteiger partial charge on any atom is -0.357 e. The number of nitrogens with one attached hydrogen (secondary N) is 2. The normalized spacial score (nSPS) is 16.7. The van der Waals surface area contributed by atoms with Gasteiger partial charge in [0.05, 0.1) is 12.2 Å². The number of benzene rings is 1. The van der Waals surface area contributed by atoms with Gasteiger partial charge >= 0.3 is 0 Å². The van der Waals surface area contributed by atoms with Crippen LogP contribution in [-0.2, 0) is 13.0 Å². The molecule has 1 unspecified atom stereocenters. The summed E-state index contributed by atoms with van der Waals surface area (Å²) < 4.78 is 0. The summed E-state index contributed by atoms with van der Waals surface area (Å²) in [5.74, 6) is 1.47. The molecule has 0 spiro atoms. The van der Waals surface area contributed by atoms with E-state index >= 15 is 0 Å². The Morgan fingerprint density at radius 3 is 2.83 bits per heavy atom. The number of aromatic nitrogens is 1. The smallest absolute Gasteiger partial charge is 0.191 e. The number of rotatable bonds is 5. The Morgan fingerprint density at radius 2 is 2.13 bits per heavy atom. The van der Waals surface area contributed by atoms with E-state index in [0.717, 1.165) is 36.2 Å². The molecule has 1 atom stereocenters. The van der Waals surface area contributed by atoms with E-state index in [-0.39, 0.29) is 0 Å². The molecule has 3 rings (SSSR count). The number of hydrogen-bond donors (Lipinski definition) is 2. The Balaban J connectivity index is 1.57. The van der Waals surface area contributed by atoms with Crippen molar-refractivity contribution in [3.8, 4) is 0 Å². The minimum atomic E-state index is 0.597. The van der Waals surface area contributed by atoms with Crippen molar-refractivity contribution in [2.75, 3.05) is 13.1 Å². The van der Waals surface area contributed by atoms with E-state index in [4.69, 9.17) is 0 Å². The molecule has 1 aromatic heterocycles. The first-order chi connectivity index (χ1) is 11.2. The molecule has 122 valence electrons. The molecule has 2 aromatic rings. The van der Waals surface area contributed by atoms with Gasteiger partial charge in [-0.3, -0.25) is 0 Å². The van der Waals surface area contributed by atoms with E-state index in [2.05, 4.69) is 65.6 Å². The van der Waals surface area contributed by atoms with Crippen molar-refractivity contribution in [2.24, 2.45) is 4.99 Å². The number of thiazole rings is 1. The van der Waals surface area contributed by atoms with Crippen LogP contribution in [0.25, 0.3) is 0 Å². The van der Waals surface area contributed by atoms with Crippen molar-refractivity contribution in [1.29, 1.82) is 0 Å². The number of aliphatic imine (C=N–C) groups is 1. The van der Waals surface area contributed by atoms with E-state index in [0.29, 0.717) is 12.5 Å². The molecule has 0 amide bonds. The van der Waals surface area contributed by atoms with Crippen molar-refractivity contribution in [1.82, 2.24) is 15.6 Å². The van der Waals surface area contributed by atoms with Gasteiger partial charge in [-0.2, -0.15) is 0 Å². The molecular formula is C18H24N4S. The topological polar surface area (TPSA) is 49.3 Å².